The first-order valence-electron chi connectivity index (χ1n) is 7.48. The quantitative estimate of drug-likeness (QED) is 0.798. The summed E-state index contributed by atoms with van der Waals surface area (Å²) in [5.74, 6) is 0.645. The van der Waals surface area contributed by atoms with E-state index in [1.807, 2.05) is 0 Å². The second-order valence-corrected chi connectivity index (χ2v) is 5.62. The summed E-state index contributed by atoms with van der Waals surface area (Å²) < 4.78 is 0. The van der Waals surface area contributed by atoms with Gasteiger partial charge in [0, 0.05) is 16.6 Å². The molecule has 1 atom stereocenters. The van der Waals surface area contributed by atoms with Crippen molar-refractivity contribution in [3.63, 3.8) is 0 Å². The number of nitrogens with one attached hydrogen (secondary N) is 1. The van der Waals surface area contributed by atoms with Gasteiger partial charge < -0.3 is 10.7 Å². The molecule has 0 saturated heterocycles. The monoisotopic (exact) mass is 258 g/mol. The van der Waals surface area contributed by atoms with Gasteiger partial charge in [0.2, 0.25) is 0 Å². The molecular formula is C17H26N2. The Morgan fingerprint density at radius 2 is 2.11 bits per heavy atom. The molecule has 0 aliphatic heterocycles. The van der Waals surface area contributed by atoms with Crippen molar-refractivity contribution in [2.24, 2.45) is 5.73 Å². The Hall–Kier alpha value is -1.28. The Balaban J connectivity index is 2.39. The Labute approximate surface area is 116 Å². The van der Waals surface area contributed by atoms with Gasteiger partial charge in [-0.05, 0) is 61.9 Å². The molecule has 0 radical (unpaired) electrons. The van der Waals surface area contributed by atoms with Gasteiger partial charge >= 0.3 is 0 Å². The average Bonchev–Trinajstić information content (AvgIpc) is 2.71. The number of hydrogen-bond acceptors (Lipinski definition) is 1. The van der Waals surface area contributed by atoms with Crippen molar-refractivity contribution in [1.29, 1.82) is 0 Å². The smallest absolute Gasteiger partial charge is 0.0459 e. The normalized spacial score (nSPS) is 13.1. The zero-order valence-corrected chi connectivity index (χ0v) is 12.4. The zero-order valence-electron chi connectivity index (χ0n) is 12.4. The van der Waals surface area contributed by atoms with E-state index < -0.39 is 0 Å². The maximum atomic E-state index is 5.65. The fourth-order valence-corrected chi connectivity index (χ4v) is 2.91. The predicted molar refractivity (Wildman–Crippen MR) is 83.7 cm³/mol. The maximum absolute atomic E-state index is 5.65. The first-order chi connectivity index (χ1) is 9.17. The van der Waals surface area contributed by atoms with Crippen LogP contribution < -0.4 is 5.73 Å². The van der Waals surface area contributed by atoms with Gasteiger partial charge in [-0.25, -0.2) is 0 Å². The molecule has 1 aromatic carbocycles. The van der Waals surface area contributed by atoms with Crippen LogP contribution in [0.25, 0.3) is 10.9 Å². The second kappa shape index (κ2) is 6.25. The molecule has 1 unspecified atom stereocenters. The van der Waals surface area contributed by atoms with E-state index in [0.717, 1.165) is 19.4 Å². The molecule has 0 saturated carbocycles. The third-order valence-electron chi connectivity index (χ3n) is 4.07. The average molecular weight is 258 g/mol. The van der Waals surface area contributed by atoms with E-state index in [9.17, 15) is 0 Å². The van der Waals surface area contributed by atoms with Gasteiger partial charge in [-0.1, -0.05) is 26.3 Å². The van der Waals surface area contributed by atoms with Crippen molar-refractivity contribution in [3.05, 3.63) is 35.0 Å². The number of nitrogens with two attached hydrogens (primary N) is 1. The number of fused-ring (bicyclic) bond motifs is 1. The van der Waals surface area contributed by atoms with Crippen LogP contribution in [0.1, 0.15) is 55.8 Å². The highest BCUT2D eigenvalue weighted by atomic mass is 14.7. The summed E-state index contributed by atoms with van der Waals surface area (Å²) in [6, 6.07) is 6.88. The van der Waals surface area contributed by atoms with E-state index in [1.165, 1.54) is 40.6 Å². The molecule has 1 aromatic heterocycles. The SMILES string of the molecule is CCCC(C)c1ccc2[nH]c(C)c(CCCN)c2c1. The number of hydrogen-bond donors (Lipinski definition) is 2. The lowest BCUT2D eigenvalue weighted by molar-refractivity contribution is 0.665. The molecule has 2 aromatic rings. The van der Waals surface area contributed by atoms with Crippen molar-refractivity contribution in [2.45, 2.75) is 52.4 Å². The van der Waals surface area contributed by atoms with Crippen LogP contribution in [0.2, 0.25) is 0 Å². The van der Waals surface area contributed by atoms with E-state index in [2.05, 4.69) is 44.0 Å². The van der Waals surface area contributed by atoms with Gasteiger partial charge in [0.15, 0.2) is 0 Å². The number of aromatic nitrogens is 1. The van der Waals surface area contributed by atoms with E-state index in [-0.39, 0.29) is 0 Å². The summed E-state index contributed by atoms with van der Waals surface area (Å²) in [7, 11) is 0. The lowest BCUT2D eigenvalue weighted by Crippen LogP contribution is -2.00. The first-order valence-corrected chi connectivity index (χ1v) is 7.48. The van der Waals surface area contributed by atoms with Gasteiger partial charge in [-0.15, -0.1) is 0 Å². The Kier molecular flexibility index (Phi) is 4.65. The number of aryl methyl sites for hydroxylation is 2. The van der Waals surface area contributed by atoms with Gasteiger partial charge in [-0.3, -0.25) is 0 Å². The lowest BCUT2D eigenvalue weighted by Gasteiger charge is -2.11. The minimum absolute atomic E-state index is 0.645. The molecule has 104 valence electrons. The van der Waals surface area contributed by atoms with Crippen LogP contribution in [-0.4, -0.2) is 11.5 Å². The molecule has 1 heterocycles. The van der Waals surface area contributed by atoms with Crippen LogP contribution >= 0.6 is 0 Å². The lowest BCUT2D eigenvalue weighted by atomic mass is 9.94. The predicted octanol–water partition coefficient (Wildman–Crippen LogP) is 4.27. The zero-order chi connectivity index (χ0) is 13.8. The molecule has 0 amide bonds. The minimum atomic E-state index is 0.645. The van der Waals surface area contributed by atoms with Crippen LogP contribution in [0.3, 0.4) is 0 Å². The molecular weight excluding hydrogens is 232 g/mol. The van der Waals surface area contributed by atoms with Crippen LogP contribution in [0, 0.1) is 6.92 Å². The molecule has 0 aliphatic carbocycles. The second-order valence-electron chi connectivity index (χ2n) is 5.62. The van der Waals surface area contributed by atoms with E-state index in [1.54, 1.807) is 0 Å². The van der Waals surface area contributed by atoms with Crippen molar-refractivity contribution >= 4 is 10.9 Å². The summed E-state index contributed by atoms with van der Waals surface area (Å²) in [5, 5.41) is 1.39. The third-order valence-corrected chi connectivity index (χ3v) is 4.07. The van der Waals surface area contributed by atoms with Crippen LogP contribution in [-0.2, 0) is 6.42 Å². The van der Waals surface area contributed by atoms with Crippen LogP contribution in [0.15, 0.2) is 18.2 Å². The van der Waals surface area contributed by atoms with Crippen molar-refractivity contribution in [3.8, 4) is 0 Å². The Morgan fingerprint density at radius 3 is 2.79 bits per heavy atom. The fourth-order valence-electron chi connectivity index (χ4n) is 2.91. The summed E-state index contributed by atoms with van der Waals surface area (Å²) >= 11 is 0. The molecule has 19 heavy (non-hydrogen) atoms. The van der Waals surface area contributed by atoms with Crippen molar-refractivity contribution in [2.75, 3.05) is 6.54 Å². The highest BCUT2D eigenvalue weighted by Gasteiger charge is 2.11. The first kappa shape index (κ1) is 14.1. The minimum Gasteiger partial charge on any atom is -0.358 e. The van der Waals surface area contributed by atoms with Crippen molar-refractivity contribution in [1.82, 2.24) is 4.98 Å². The molecule has 3 N–H and O–H groups in total. The van der Waals surface area contributed by atoms with Crippen LogP contribution in [0.4, 0.5) is 0 Å². The van der Waals surface area contributed by atoms with E-state index in [4.69, 9.17) is 5.73 Å². The number of H-pyrrole nitrogens is 1. The molecule has 0 fully saturated rings. The highest BCUT2D eigenvalue weighted by molar-refractivity contribution is 5.85. The fraction of sp³-hybridized carbons (Fsp3) is 0.529. The molecule has 2 rings (SSSR count). The van der Waals surface area contributed by atoms with E-state index >= 15 is 0 Å². The third kappa shape index (κ3) is 3.01. The summed E-state index contributed by atoms with van der Waals surface area (Å²) in [5.41, 5.74) is 11.1. The highest BCUT2D eigenvalue weighted by Crippen LogP contribution is 2.28. The standard InChI is InChI=1S/C17H26N2/c1-4-6-12(2)14-8-9-17-16(11-14)15(7-5-10-18)13(3)19-17/h8-9,11-12,19H,4-7,10,18H2,1-3H3. The van der Waals surface area contributed by atoms with Gasteiger partial charge in [0.1, 0.15) is 0 Å². The molecule has 0 spiro atoms. The number of aromatic amines is 1. The summed E-state index contributed by atoms with van der Waals surface area (Å²) in [4.78, 5) is 3.49. The molecule has 2 nitrogen and oxygen atoms in total. The molecule has 2 heteroatoms. The Morgan fingerprint density at radius 1 is 1.32 bits per heavy atom. The number of benzene rings is 1. The topological polar surface area (TPSA) is 41.8 Å². The summed E-state index contributed by atoms with van der Waals surface area (Å²) in [6.07, 6.45) is 4.63. The van der Waals surface area contributed by atoms with E-state index in [0.29, 0.717) is 5.92 Å². The Bertz CT molecular complexity index is 539. The molecule has 0 aliphatic rings. The summed E-state index contributed by atoms with van der Waals surface area (Å²) in [6.45, 7) is 7.50. The van der Waals surface area contributed by atoms with Gasteiger partial charge in [0.25, 0.3) is 0 Å². The van der Waals surface area contributed by atoms with Gasteiger partial charge in [0.05, 0.1) is 0 Å². The van der Waals surface area contributed by atoms with Crippen LogP contribution in [0.5, 0.6) is 0 Å². The number of rotatable bonds is 6. The maximum Gasteiger partial charge on any atom is 0.0459 e. The molecule has 0 bridgehead atoms. The largest absolute Gasteiger partial charge is 0.358 e. The van der Waals surface area contributed by atoms with Crippen molar-refractivity contribution < 1.29 is 0 Å². The van der Waals surface area contributed by atoms with Gasteiger partial charge in [-0.2, -0.15) is 0 Å².